The van der Waals surface area contributed by atoms with Crippen molar-refractivity contribution in [3.8, 4) is 11.3 Å². The normalized spacial score (nSPS) is 13.9. The molecule has 0 aliphatic carbocycles. The Bertz CT molecular complexity index is 1120. The van der Waals surface area contributed by atoms with E-state index in [0.29, 0.717) is 53.2 Å². The van der Waals surface area contributed by atoms with Crippen LogP contribution in [0.5, 0.6) is 0 Å². The van der Waals surface area contributed by atoms with Crippen LogP contribution in [0.15, 0.2) is 59.0 Å². The summed E-state index contributed by atoms with van der Waals surface area (Å²) in [4.78, 5) is 28.4. The predicted octanol–water partition coefficient (Wildman–Crippen LogP) is 5.17. The second-order valence-corrected chi connectivity index (χ2v) is 8.10. The molecule has 2 aromatic carbocycles. The third-order valence-electron chi connectivity index (χ3n) is 5.24. The van der Waals surface area contributed by atoms with Gasteiger partial charge >= 0.3 is 0 Å². The van der Waals surface area contributed by atoms with Gasteiger partial charge in [-0.2, -0.15) is 0 Å². The van der Waals surface area contributed by atoms with Gasteiger partial charge in [-0.25, -0.2) is 0 Å². The zero-order chi connectivity index (χ0) is 22.0. The molecule has 0 spiro atoms. The number of nitrogens with zero attached hydrogens (tertiary/aromatic N) is 2. The van der Waals surface area contributed by atoms with E-state index in [1.807, 2.05) is 29.2 Å². The third-order valence-corrected chi connectivity index (χ3v) is 5.81. The van der Waals surface area contributed by atoms with Crippen LogP contribution in [0.2, 0.25) is 10.0 Å². The van der Waals surface area contributed by atoms with Crippen molar-refractivity contribution in [3.05, 3.63) is 70.4 Å². The van der Waals surface area contributed by atoms with E-state index in [-0.39, 0.29) is 17.6 Å². The topological polar surface area (TPSA) is 65.8 Å². The first-order valence-electron chi connectivity index (χ1n) is 9.88. The van der Waals surface area contributed by atoms with E-state index in [1.165, 1.54) is 0 Å². The molecule has 1 saturated heterocycles. The Morgan fingerprint density at radius 1 is 0.968 bits per heavy atom. The van der Waals surface area contributed by atoms with E-state index < -0.39 is 0 Å². The van der Waals surface area contributed by atoms with Crippen molar-refractivity contribution in [1.82, 2.24) is 4.90 Å². The fourth-order valence-electron chi connectivity index (χ4n) is 3.59. The summed E-state index contributed by atoms with van der Waals surface area (Å²) in [5.41, 5.74) is 2.21. The highest BCUT2D eigenvalue weighted by Gasteiger charge is 2.22. The zero-order valence-corrected chi connectivity index (χ0v) is 18.4. The quantitative estimate of drug-likeness (QED) is 0.586. The summed E-state index contributed by atoms with van der Waals surface area (Å²) in [6.07, 6.45) is 0. The Morgan fingerprint density at radius 3 is 2.45 bits per heavy atom. The number of carbonyl (C=O) groups excluding carboxylic acids is 2. The van der Waals surface area contributed by atoms with Crippen LogP contribution >= 0.6 is 23.2 Å². The maximum Gasteiger partial charge on any atom is 0.291 e. The Kier molecular flexibility index (Phi) is 6.20. The fraction of sp³-hybridized carbons (Fsp3) is 0.217. The minimum Gasteiger partial charge on any atom is -0.451 e. The van der Waals surface area contributed by atoms with Gasteiger partial charge in [0.05, 0.1) is 16.4 Å². The van der Waals surface area contributed by atoms with Gasteiger partial charge in [-0.3, -0.25) is 9.59 Å². The first kappa shape index (κ1) is 21.3. The van der Waals surface area contributed by atoms with Crippen molar-refractivity contribution in [2.75, 3.05) is 36.4 Å². The molecule has 0 atom stereocenters. The molecule has 0 saturated carbocycles. The molecule has 1 fully saturated rings. The highest BCUT2D eigenvalue weighted by atomic mass is 35.5. The van der Waals surface area contributed by atoms with Crippen molar-refractivity contribution in [2.45, 2.75) is 6.92 Å². The molecule has 4 rings (SSSR count). The van der Waals surface area contributed by atoms with Crippen LogP contribution in [0.25, 0.3) is 11.3 Å². The van der Waals surface area contributed by atoms with Crippen LogP contribution in [-0.4, -0.2) is 42.9 Å². The second kappa shape index (κ2) is 9.04. The minimum atomic E-state index is -0.362. The molecule has 3 aromatic rings. The van der Waals surface area contributed by atoms with Gasteiger partial charge in [-0.15, -0.1) is 0 Å². The highest BCUT2D eigenvalue weighted by molar-refractivity contribution is 6.35. The lowest BCUT2D eigenvalue weighted by atomic mass is 10.2. The van der Waals surface area contributed by atoms with Crippen molar-refractivity contribution in [1.29, 1.82) is 0 Å². The number of anilines is 2. The van der Waals surface area contributed by atoms with Crippen LogP contribution in [-0.2, 0) is 4.79 Å². The minimum absolute atomic E-state index is 0.0784. The molecular formula is C23H21Cl2N3O3. The molecule has 0 unspecified atom stereocenters. The Hall–Kier alpha value is -2.96. The van der Waals surface area contributed by atoms with Crippen molar-refractivity contribution >= 4 is 46.4 Å². The number of rotatable bonds is 4. The number of piperazine rings is 1. The lowest BCUT2D eigenvalue weighted by Gasteiger charge is -2.36. The van der Waals surface area contributed by atoms with Gasteiger partial charge in [0.1, 0.15) is 5.76 Å². The number of carbonyl (C=O) groups is 2. The molecule has 160 valence electrons. The molecule has 1 aromatic heterocycles. The van der Waals surface area contributed by atoms with Crippen molar-refractivity contribution < 1.29 is 14.0 Å². The van der Waals surface area contributed by atoms with Crippen LogP contribution in [0.3, 0.4) is 0 Å². The molecule has 31 heavy (non-hydrogen) atoms. The zero-order valence-electron chi connectivity index (χ0n) is 16.9. The molecule has 2 heterocycles. The summed E-state index contributed by atoms with van der Waals surface area (Å²) in [5, 5.41) is 3.95. The van der Waals surface area contributed by atoms with Crippen LogP contribution in [0, 0.1) is 0 Å². The van der Waals surface area contributed by atoms with Crippen LogP contribution in [0.4, 0.5) is 11.4 Å². The molecule has 1 aliphatic heterocycles. The molecule has 0 bridgehead atoms. The average Bonchev–Trinajstić information content (AvgIpc) is 3.26. The molecule has 8 heteroatoms. The van der Waals surface area contributed by atoms with Gasteiger partial charge in [0, 0.05) is 43.7 Å². The number of hydrogen-bond donors (Lipinski definition) is 1. The average molecular weight is 458 g/mol. The highest BCUT2D eigenvalue weighted by Crippen LogP contribution is 2.32. The van der Waals surface area contributed by atoms with E-state index in [1.54, 1.807) is 37.3 Å². The molecule has 6 nitrogen and oxygen atoms in total. The lowest BCUT2D eigenvalue weighted by Crippen LogP contribution is -2.48. The number of amides is 2. The van der Waals surface area contributed by atoms with Gasteiger partial charge in [-0.1, -0.05) is 35.3 Å². The standard InChI is InChI=1S/C23H21Cl2N3O3/c1-15(29)27-10-12-28(13-11-27)20-5-3-2-4-19(20)26-23(30)22-9-8-21(31-22)17-14-16(24)6-7-18(17)25/h2-9,14H,10-13H2,1H3,(H,26,30). The summed E-state index contributed by atoms with van der Waals surface area (Å²) < 4.78 is 5.75. The lowest BCUT2D eigenvalue weighted by molar-refractivity contribution is -0.129. The first-order chi connectivity index (χ1) is 14.9. The number of furan rings is 1. The van der Waals surface area contributed by atoms with Crippen molar-refractivity contribution in [2.24, 2.45) is 0 Å². The number of benzene rings is 2. The number of halogens is 2. The number of hydrogen-bond acceptors (Lipinski definition) is 4. The van der Waals surface area contributed by atoms with Gasteiger partial charge < -0.3 is 19.5 Å². The summed E-state index contributed by atoms with van der Waals surface area (Å²) >= 11 is 12.3. The van der Waals surface area contributed by atoms with Gasteiger partial charge in [-0.05, 0) is 42.5 Å². The fourth-order valence-corrected chi connectivity index (χ4v) is 3.98. The van der Waals surface area contributed by atoms with Gasteiger partial charge in [0.25, 0.3) is 5.91 Å². The maximum atomic E-state index is 12.9. The van der Waals surface area contributed by atoms with Gasteiger partial charge in [0.2, 0.25) is 5.91 Å². The molecule has 0 radical (unpaired) electrons. The smallest absolute Gasteiger partial charge is 0.291 e. The summed E-state index contributed by atoms with van der Waals surface area (Å²) in [6, 6.07) is 16.0. The predicted molar refractivity (Wildman–Crippen MR) is 123 cm³/mol. The Labute approximate surface area is 190 Å². The molecule has 1 aliphatic rings. The Morgan fingerprint density at radius 2 is 1.71 bits per heavy atom. The second-order valence-electron chi connectivity index (χ2n) is 7.25. The third kappa shape index (κ3) is 4.70. The first-order valence-corrected chi connectivity index (χ1v) is 10.6. The van der Waals surface area contributed by atoms with E-state index in [9.17, 15) is 9.59 Å². The maximum absolute atomic E-state index is 12.9. The number of para-hydroxylation sites is 2. The summed E-state index contributed by atoms with van der Waals surface area (Å²) in [5.74, 6) is 0.349. The van der Waals surface area contributed by atoms with E-state index >= 15 is 0 Å². The number of nitrogens with one attached hydrogen (secondary N) is 1. The van der Waals surface area contributed by atoms with E-state index in [2.05, 4.69) is 10.2 Å². The summed E-state index contributed by atoms with van der Waals surface area (Å²) in [7, 11) is 0. The Balaban J connectivity index is 1.51. The summed E-state index contributed by atoms with van der Waals surface area (Å²) in [6.45, 7) is 4.28. The molecule has 1 N–H and O–H groups in total. The molecule has 2 amide bonds. The monoisotopic (exact) mass is 457 g/mol. The SMILES string of the molecule is CC(=O)N1CCN(c2ccccc2NC(=O)c2ccc(-c3cc(Cl)ccc3Cl)o2)CC1. The largest absolute Gasteiger partial charge is 0.451 e. The van der Waals surface area contributed by atoms with E-state index in [0.717, 1.165) is 5.69 Å². The molecular weight excluding hydrogens is 437 g/mol. The van der Waals surface area contributed by atoms with Crippen LogP contribution < -0.4 is 10.2 Å². The van der Waals surface area contributed by atoms with Crippen LogP contribution in [0.1, 0.15) is 17.5 Å². The van der Waals surface area contributed by atoms with Crippen molar-refractivity contribution in [3.63, 3.8) is 0 Å². The van der Waals surface area contributed by atoms with E-state index in [4.69, 9.17) is 27.6 Å². The van der Waals surface area contributed by atoms with Gasteiger partial charge in [0.15, 0.2) is 5.76 Å².